The Labute approximate surface area is 160 Å². The predicted molar refractivity (Wildman–Crippen MR) is 99.4 cm³/mol. The van der Waals surface area contributed by atoms with E-state index in [2.05, 4.69) is 15.2 Å². The second-order valence-corrected chi connectivity index (χ2v) is 7.01. The molecule has 0 bridgehead atoms. The monoisotopic (exact) mass is 391 g/mol. The lowest BCUT2D eigenvalue weighted by molar-refractivity contribution is -0.137. The van der Waals surface area contributed by atoms with Crippen molar-refractivity contribution in [3.63, 3.8) is 0 Å². The van der Waals surface area contributed by atoms with Crippen LogP contribution in [0, 0.1) is 0 Å². The third kappa shape index (κ3) is 3.37. The van der Waals surface area contributed by atoms with Crippen LogP contribution in [0.2, 0.25) is 0 Å². The zero-order chi connectivity index (χ0) is 19.9. The molecular weight excluding hydrogens is 371 g/mol. The Bertz CT molecular complexity index is 871. The van der Waals surface area contributed by atoms with Crippen LogP contribution in [0.25, 0.3) is 0 Å². The molecule has 28 heavy (non-hydrogen) atoms. The first-order valence-corrected chi connectivity index (χ1v) is 9.02. The van der Waals surface area contributed by atoms with E-state index in [0.29, 0.717) is 18.8 Å². The number of alkyl halides is 3. The van der Waals surface area contributed by atoms with Gasteiger partial charge in [0, 0.05) is 31.0 Å². The van der Waals surface area contributed by atoms with Crippen LogP contribution in [0.5, 0.6) is 0 Å². The number of hydrogen-bond acceptors (Lipinski definition) is 5. The Balaban J connectivity index is 1.63. The van der Waals surface area contributed by atoms with E-state index in [1.54, 1.807) is 12.3 Å². The van der Waals surface area contributed by atoms with Crippen molar-refractivity contribution in [1.82, 2.24) is 10.3 Å². The molecule has 0 radical (unpaired) electrons. The van der Waals surface area contributed by atoms with Gasteiger partial charge in [-0.3, -0.25) is 4.79 Å². The van der Waals surface area contributed by atoms with Crippen molar-refractivity contribution in [1.29, 1.82) is 0 Å². The number of nitrogens with one attached hydrogen (secondary N) is 1. The molecule has 1 amide bonds. The Kier molecular flexibility index (Phi) is 4.62. The van der Waals surface area contributed by atoms with Gasteiger partial charge in [0.1, 0.15) is 0 Å². The number of carbonyl (C=O) groups excluding carboxylic acids is 1. The fourth-order valence-electron chi connectivity index (χ4n) is 3.94. The van der Waals surface area contributed by atoms with Gasteiger partial charge in [-0.25, -0.2) is 4.98 Å². The standard InChI is InChI=1S/C19H20F3N5O/c20-19(21,22)12-3-5-14(6-4-12)26-11-15-8-13(25-17(28)9-23)10-27(15)18-16(26)2-1-7-24-18/h1-7,13,15H,8-11,23H2,(H,25,28)/t13-,15-/m1/s1. The third-order valence-corrected chi connectivity index (χ3v) is 5.19. The zero-order valence-electron chi connectivity index (χ0n) is 15.0. The average Bonchev–Trinajstić information content (AvgIpc) is 3.09. The largest absolute Gasteiger partial charge is 0.416 e. The Morgan fingerprint density at radius 3 is 2.64 bits per heavy atom. The van der Waals surface area contributed by atoms with E-state index in [0.717, 1.165) is 30.1 Å². The molecule has 2 aliphatic heterocycles. The maximum Gasteiger partial charge on any atom is 0.416 e. The fraction of sp³-hybridized carbons (Fsp3) is 0.368. The van der Waals surface area contributed by atoms with Crippen molar-refractivity contribution < 1.29 is 18.0 Å². The molecule has 1 fully saturated rings. The van der Waals surface area contributed by atoms with Crippen LogP contribution < -0.4 is 20.9 Å². The van der Waals surface area contributed by atoms with Crippen LogP contribution in [0.15, 0.2) is 42.6 Å². The van der Waals surface area contributed by atoms with E-state index < -0.39 is 11.7 Å². The number of hydrogen-bond donors (Lipinski definition) is 2. The van der Waals surface area contributed by atoms with Crippen LogP contribution in [0.1, 0.15) is 12.0 Å². The molecule has 148 valence electrons. The van der Waals surface area contributed by atoms with Crippen LogP contribution in [0.3, 0.4) is 0 Å². The molecule has 4 rings (SSSR count). The van der Waals surface area contributed by atoms with Gasteiger partial charge in [-0.1, -0.05) is 0 Å². The van der Waals surface area contributed by atoms with Crippen LogP contribution in [-0.2, 0) is 11.0 Å². The minimum atomic E-state index is -4.36. The number of nitrogens with two attached hydrogens (primary N) is 1. The Morgan fingerprint density at radius 2 is 1.96 bits per heavy atom. The van der Waals surface area contributed by atoms with Crippen molar-refractivity contribution in [3.05, 3.63) is 48.2 Å². The molecule has 0 saturated carbocycles. The summed E-state index contributed by atoms with van der Waals surface area (Å²) in [6, 6.07) is 8.92. The molecular formula is C19H20F3N5O. The number of halogens is 3. The molecule has 0 aliphatic carbocycles. The summed E-state index contributed by atoms with van der Waals surface area (Å²) in [4.78, 5) is 20.3. The first-order chi connectivity index (χ1) is 13.4. The van der Waals surface area contributed by atoms with Gasteiger partial charge in [0.15, 0.2) is 5.82 Å². The normalized spacial score (nSPS) is 21.3. The van der Waals surface area contributed by atoms with Gasteiger partial charge in [0.2, 0.25) is 5.91 Å². The number of amides is 1. The number of nitrogens with zero attached hydrogens (tertiary/aromatic N) is 3. The van der Waals surface area contributed by atoms with Crippen LogP contribution in [0.4, 0.5) is 30.4 Å². The number of fused-ring (bicyclic) bond motifs is 3. The van der Waals surface area contributed by atoms with Crippen molar-refractivity contribution in [3.8, 4) is 0 Å². The third-order valence-electron chi connectivity index (χ3n) is 5.19. The van der Waals surface area contributed by atoms with Gasteiger partial charge in [-0.15, -0.1) is 0 Å². The molecule has 3 heterocycles. The molecule has 0 unspecified atom stereocenters. The maximum atomic E-state index is 12.9. The topological polar surface area (TPSA) is 74.5 Å². The maximum absolute atomic E-state index is 12.9. The lowest BCUT2D eigenvalue weighted by Crippen LogP contribution is -2.44. The van der Waals surface area contributed by atoms with Crippen LogP contribution >= 0.6 is 0 Å². The summed E-state index contributed by atoms with van der Waals surface area (Å²) >= 11 is 0. The van der Waals surface area contributed by atoms with E-state index in [9.17, 15) is 18.0 Å². The number of rotatable bonds is 3. The molecule has 0 spiro atoms. The van der Waals surface area contributed by atoms with E-state index in [4.69, 9.17) is 5.73 Å². The predicted octanol–water partition coefficient (Wildman–Crippen LogP) is 2.27. The highest BCUT2D eigenvalue weighted by atomic mass is 19.4. The summed E-state index contributed by atoms with van der Waals surface area (Å²) in [5.41, 5.74) is 6.23. The molecule has 6 nitrogen and oxygen atoms in total. The SMILES string of the molecule is NCC(=O)N[C@@H]1C[C@@H]2CN(c3ccc(C(F)(F)F)cc3)c3cccnc3N2C1. The van der Waals surface area contributed by atoms with Gasteiger partial charge < -0.3 is 20.9 Å². The van der Waals surface area contributed by atoms with Crippen LogP contribution in [-0.4, -0.2) is 42.6 Å². The van der Waals surface area contributed by atoms with Gasteiger partial charge in [0.05, 0.1) is 23.8 Å². The number of pyridine rings is 1. The average molecular weight is 391 g/mol. The molecule has 1 aromatic carbocycles. The zero-order valence-corrected chi connectivity index (χ0v) is 15.0. The molecule has 1 saturated heterocycles. The fourth-order valence-corrected chi connectivity index (χ4v) is 3.94. The summed E-state index contributed by atoms with van der Waals surface area (Å²) in [7, 11) is 0. The quantitative estimate of drug-likeness (QED) is 0.840. The van der Waals surface area contributed by atoms with Crippen molar-refractivity contribution in [2.75, 3.05) is 29.4 Å². The second kappa shape index (κ2) is 6.97. The molecule has 2 aliphatic rings. The molecule has 1 aromatic heterocycles. The summed E-state index contributed by atoms with van der Waals surface area (Å²) in [6.07, 6.45) is -1.95. The lowest BCUT2D eigenvalue weighted by Gasteiger charge is -2.40. The van der Waals surface area contributed by atoms with E-state index in [-0.39, 0.29) is 24.5 Å². The van der Waals surface area contributed by atoms with Gasteiger partial charge in [-0.2, -0.15) is 13.2 Å². The first-order valence-electron chi connectivity index (χ1n) is 9.02. The number of aromatic nitrogens is 1. The molecule has 2 aromatic rings. The first kappa shape index (κ1) is 18.5. The van der Waals surface area contributed by atoms with Gasteiger partial charge >= 0.3 is 6.18 Å². The van der Waals surface area contributed by atoms with Crippen molar-refractivity contribution in [2.45, 2.75) is 24.7 Å². The smallest absolute Gasteiger partial charge is 0.350 e. The lowest BCUT2D eigenvalue weighted by atomic mass is 10.1. The number of anilines is 3. The minimum Gasteiger partial charge on any atom is -0.350 e. The highest BCUT2D eigenvalue weighted by molar-refractivity contribution is 5.80. The number of benzene rings is 1. The number of carbonyl (C=O) groups is 1. The molecule has 9 heteroatoms. The Morgan fingerprint density at radius 1 is 1.21 bits per heavy atom. The summed E-state index contributed by atoms with van der Waals surface area (Å²) in [5.74, 6) is 0.564. The summed E-state index contributed by atoms with van der Waals surface area (Å²) in [5, 5.41) is 2.92. The van der Waals surface area contributed by atoms with Crippen molar-refractivity contribution in [2.24, 2.45) is 5.73 Å². The van der Waals surface area contributed by atoms with Crippen molar-refractivity contribution >= 4 is 23.1 Å². The minimum absolute atomic E-state index is 0.0385. The molecule has 2 atom stereocenters. The summed E-state index contributed by atoms with van der Waals surface area (Å²) < 4.78 is 38.6. The highest BCUT2D eigenvalue weighted by Gasteiger charge is 2.40. The van der Waals surface area contributed by atoms with Gasteiger partial charge in [0.25, 0.3) is 0 Å². The second-order valence-electron chi connectivity index (χ2n) is 7.01. The van der Waals surface area contributed by atoms with E-state index >= 15 is 0 Å². The molecule has 3 N–H and O–H groups in total. The highest BCUT2D eigenvalue weighted by Crippen LogP contribution is 2.42. The van der Waals surface area contributed by atoms with E-state index in [1.807, 2.05) is 11.0 Å². The Hall–Kier alpha value is -2.81. The van der Waals surface area contributed by atoms with E-state index in [1.165, 1.54) is 12.1 Å². The van der Waals surface area contributed by atoms with Gasteiger partial charge in [-0.05, 0) is 42.8 Å². The summed E-state index contributed by atoms with van der Waals surface area (Å²) in [6.45, 7) is 1.16.